The van der Waals surface area contributed by atoms with E-state index >= 15 is 0 Å². The summed E-state index contributed by atoms with van der Waals surface area (Å²) in [6.07, 6.45) is 9.23. The molecule has 0 radical (unpaired) electrons. The Morgan fingerprint density at radius 1 is 1.10 bits per heavy atom. The second-order valence-electron chi connectivity index (χ2n) is 8.03. The van der Waals surface area contributed by atoms with E-state index in [2.05, 4.69) is 20.6 Å². The lowest BCUT2D eigenvalue weighted by Crippen LogP contribution is -2.36. The maximum absolute atomic E-state index is 11.8. The van der Waals surface area contributed by atoms with Crippen molar-refractivity contribution in [2.45, 2.75) is 63.1 Å². The van der Waals surface area contributed by atoms with Gasteiger partial charge < -0.3 is 15.4 Å². The Labute approximate surface area is 185 Å². The third-order valence-electron chi connectivity index (χ3n) is 5.42. The van der Waals surface area contributed by atoms with Gasteiger partial charge in [0.2, 0.25) is 5.88 Å². The van der Waals surface area contributed by atoms with E-state index in [1.165, 1.54) is 25.5 Å². The molecule has 0 atom stereocenters. The molecule has 0 amide bonds. The third-order valence-corrected chi connectivity index (χ3v) is 6.68. The molecular formula is C23H32N4O3S. The van der Waals surface area contributed by atoms with E-state index < -0.39 is 9.84 Å². The summed E-state index contributed by atoms with van der Waals surface area (Å²) in [5, 5.41) is 6.56. The van der Waals surface area contributed by atoms with Gasteiger partial charge in [-0.15, -0.1) is 0 Å². The number of rotatable bonds is 7. The number of aryl methyl sites for hydroxylation is 1. The smallest absolute Gasteiger partial charge is 0.213 e. The molecular weight excluding hydrogens is 412 g/mol. The van der Waals surface area contributed by atoms with Crippen LogP contribution in [0, 0.1) is 6.92 Å². The molecule has 2 N–H and O–H groups in total. The second-order valence-corrected chi connectivity index (χ2v) is 10.0. The predicted molar refractivity (Wildman–Crippen MR) is 123 cm³/mol. The first-order valence-corrected chi connectivity index (χ1v) is 12.6. The molecule has 31 heavy (non-hydrogen) atoms. The summed E-state index contributed by atoms with van der Waals surface area (Å²) >= 11 is 0. The maximum atomic E-state index is 11.8. The summed E-state index contributed by atoms with van der Waals surface area (Å²) in [7, 11) is -1.49. The number of aliphatic imine (C=N–C) groups is 1. The average Bonchev–Trinajstić information content (AvgIpc) is 2.74. The van der Waals surface area contributed by atoms with Crippen molar-refractivity contribution in [3.05, 3.63) is 53.2 Å². The Kier molecular flexibility index (Phi) is 7.90. The van der Waals surface area contributed by atoms with E-state index in [1.807, 2.05) is 31.2 Å². The summed E-state index contributed by atoms with van der Waals surface area (Å²) < 4.78 is 29.6. The maximum Gasteiger partial charge on any atom is 0.213 e. The molecule has 1 aromatic carbocycles. The highest BCUT2D eigenvalue weighted by molar-refractivity contribution is 7.90. The first-order valence-electron chi connectivity index (χ1n) is 10.7. The number of benzene rings is 1. The van der Waals surface area contributed by atoms with Crippen LogP contribution in [0.15, 0.2) is 46.4 Å². The van der Waals surface area contributed by atoms with E-state index in [0.717, 1.165) is 29.5 Å². The van der Waals surface area contributed by atoms with Gasteiger partial charge in [-0.1, -0.05) is 18.6 Å². The third kappa shape index (κ3) is 6.95. The first kappa shape index (κ1) is 23.1. The predicted octanol–water partition coefficient (Wildman–Crippen LogP) is 3.37. The van der Waals surface area contributed by atoms with Gasteiger partial charge in [-0.25, -0.2) is 13.4 Å². The average molecular weight is 445 g/mol. The number of sulfone groups is 1. The summed E-state index contributed by atoms with van der Waals surface area (Å²) in [5.74, 6) is 1.34. The molecule has 2 aromatic rings. The molecule has 8 heteroatoms. The number of hydrogen-bond acceptors (Lipinski definition) is 5. The van der Waals surface area contributed by atoms with E-state index in [0.29, 0.717) is 29.8 Å². The highest BCUT2D eigenvalue weighted by Gasteiger charge is 2.15. The van der Waals surface area contributed by atoms with Crippen molar-refractivity contribution in [2.24, 2.45) is 4.99 Å². The molecule has 3 rings (SSSR count). The van der Waals surface area contributed by atoms with Crippen LogP contribution in [-0.4, -0.2) is 38.8 Å². The minimum atomic E-state index is -3.21. The zero-order valence-electron chi connectivity index (χ0n) is 18.5. The Hall–Kier alpha value is -2.61. The van der Waals surface area contributed by atoms with Crippen LogP contribution in [0.5, 0.6) is 5.88 Å². The first-order chi connectivity index (χ1) is 14.8. The number of nitrogens with one attached hydrogen (secondary N) is 2. The Bertz CT molecular complexity index is 1020. The van der Waals surface area contributed by atoms with Crippen LogP contribution >= 0.6 is 0 Å². The molecule has 0 spiro atoms. The lowest BCUT2D eigenvalue weighted by atomic mass is 9.98. The van der Waals surface area contributed by atoms with Gasteiger partial charge in [0, 0.05) is 38.7 Å². The van der Waals surface area contributed by atoms with Gasteiger partial charge in [0.05, 0.1) is 4.90 Å². The lowest BCUT2D eigenvalue weighted by molar-refractivity contribution is 0.148. The number of ether oxygens (including phenoxy) is 1. The summed E-state index contributed by atoms with van der Waals surface area (Å²) in [4.78, 5) is 8.98. The zero-order valence-corrected chi connectivity index (χ0v) is 19.3. The van der Waals surface area contributed by atoms with Gasteiger partial charge >= 0.3 is 0 Å². The van der Waals surface area contributed by atoms with Gasteiger partial charge in [0.25, 0.3) is 0 Å². The van der Waals surface area contributed by atoms with Crippen LogP contribution in [0.4, 0.5) is 0 Å². The molecule has 1 aromatic heterocycles. The van der Waals surface area contributed by atoms with Crippen molar-refractivity contribution in [3.8, 4) is 5.88 Å². The summed E-state index contributed by atoms with van der Waals surface area (Å²) in [6, 6.07) is 9.29. The van der Waals surface area contributed by atoms with Gasteiger partial charge in [-0.3, -0.25) is 4.99 Å². The summed E-state index contributed by atoms with van der Waals surface area (Å²) in [5.41, 5.74) is 2.80. The van der Waals surface area contributed by atoms with Gasteiger partial charge in [0.15, 0.2) is 15.8 Å². The monoisotopic (exact) mass is 444 g/mol. The standard InChI is InChI=1S/C23H32N4O3S/c1-17-13-18(9-10-21(17)31(3,28)29)15-26-23(24-2)27-16-19-11-12-25-22(14-19)30-20-7-5-4-6-8-20/h9-14,20H,4-8,15-16H2,1-3H3,(H2,24,26,27). The van der Waals surface area contributed by atoms with Crippen molar-refractivity contribution in [1.82, 2.24) is 15.6 Å². The molecule has 1 aliphatic rings. The van der Waals surface area contributed by atoms with Crippen molar-refractivity contribution in [3.63, 3.8) is 0 Å². The fraction of sp³-hybridized carbons (Fsp3) is 0.478. The van der Waals surface area contributed by atoms with Crippen molar-refractivity contribution < 1.29 is 13.2 Å². The normalized spacial score (nSPS) is 15.5. The van der Waals surface area contributed by atoms with Crippen LogP contribution in [0.1, 0.15) is 48.8 Å². The lowest BCUT2D eigenvalue weighted by Gasteiger charge is -2.22. The number of nitrogens with zero attached hydrogens (tertiary/aromatic N) is 2. The molecule has 168 valence electrons. The SMILES string of the molecule is CN=C(NCc1ccnc(OC2CCCCC2)c1)NCc1ccc(S(C)(=O)=O)c(C)c1. The highest BCUT2D eigenvalue weighted by atomic mass is 32.2. The van der Waals surface area contributed by atoms with Gasteiger partial charge in [-0.2, -0.15) is 0 Å². The quantitative estimate of drug-likeness (QED) is 0.502. The van der Waals surface area contributed by atoms with Gasteiger partial charge in [0.1, 0.15) is 6.10 Å². The second kappa shape index (κ2) is 10.6. The Morgan fingerprint density at radius 3 is 2.39 bits per heavy atom. The topological polar surface area (TPSA) is 92.7 Å². The van der Waals surface area contributed by atoms with Crippen molar-refractivity contribution >= 4 is 15.8 Å². The molecule has 1 fully saturated rings. The Morgan fingerprint density at radius 2 is 1.77 bits per heavy atom. The van der Waals surface area contributed by atoms with E-state index in [1.54, 1.807) is 19.3 Å². The summed E-state index contributed by atoms with van der Waals surface area (Å²) in [6.45, 7) is 2.94. The molecule has 0 bridgehead atoms. The molecule has 1 aliphatic carbocycles. The van der Waals surface area contributed by atoms with Crippen molar-refractivity contribution in [2.75, 3.05) is 13.3 Å². The molecule has 7 nitrogen and oxygen atoms in total. The number of guanidine groups is 1. The number of pyridine rings is 1. The highest BCUT2D eigenvalue weighted by Crippen LogP contribution is 2.22. The van der Waals surface area contributed by atoms with E-state index in [4.69, 9.17) is 4.74 Å². The van der Waals surface area contributed by atoms with Crippen LogP contribution < -0.4 is 15.4 Å². The Balaban J connectivity index is 1.53. The van der Waals surface area contributed by atoms with Crippen LogP contribution in [0.3, 0.4) is 0 Å². The number of aromatic nitrogens is 1. The van der Waals surface area contributed by atoms with Crippen LogP contribution in [0.2, 0.25) is 0 Å². The fourth-order valence-corrected chi connectivity index (χ4v) is 4.77. The van der Waals surface area contributed by atoms with E-state index in [9.17, 15) is 8.42 Å². The fourth-order valence-electron chi connectivity index (χ4n) is 3.81. The van der Waals surface area contributed by atoms with E-state index in [-0.39, 0.29) is 6.10 Å². The molecule has 1 heterocycles. The zero-order chi connectivity index (χ0) is 22.3. The number of hydrogen-bond donors (Lipinski definition) is 2. The molecule has 0 unspecified atom stereocenters. The van der Waals surface area contributed by atoms with Gasteiger partial charge in [-0.05, 0) is 61.4 Å². The molecule has 0 saturated heterocycles. The largest absolute Gasteiger partial charge is 0.474 e. The van der Waals surface area contributed by atoms with Crippen LogP contribution in [0.25, 0.3) is 0 Å². The van der Waals surface area contributed by atoms with Crippen LogP contribution in [-0.2, 0) is 22.9 Å². The molecule has 0 aliphatic heterocycles. The van der Waals surface area contributed by atoms with Crippen molar-refractivity contribution in [1.29, 1.82) is 0 Å². The minimum absolute atomic E-state index is 0.274. The molecule has 1 saturated carbocycles. The minimum Gasteiger partial charge on any atom is -0.474 e.